The van der Waals surface area contributed by atoms with Crippen molar-refractivity contribution in [1.29, 1.82) is 0 Å². The van der Waals surface area contributed by atoms with Gasteiger partial charge < -0.3 is 19.3 Å². The Morgan fingerprint density at radius 2 is 2.09 bits per heavy atom. The van der Waals surface area contributed by atoms with Gasteiger partial charge in [0.1, 0.15) is 12.2 Å². The van der Waals surface area contributed by atoms with Crippen molar-refractivity contribution in [3.63, 3.8) is 0 Å². The molecule has 1 spiro atoms. The van der Waals surface area contributed by atoms with E-state index in [1.165, 1.54) is 12.8 Å². The summed E-state index contributed by atoms with van der Waals surface area (Å²) in [5.74, 6) is 1.45. The Kier molecular flexibility index (Phi) is 3.90. The van der Waals surface area contributed by atoms with E-state index in [2.05, 4.69) is 14.9 Å². The minimum Gasteiger partial charge on any atom is -0.376 e. The van der Waals surface area contributed by atoms with Crippen molar-refractivity contribution in [3.05, 3.63) is 18.5 Å². The molecule has 4 rings (SSSR count). The first-order valence-electron chi connectivity index (χ1n) is 8.26. The van der Waals surface area contributed by atoms with Gasteiger partial charge in [-0.1, -0.05) is 0 Å². The van der Waals surface area contributed by atoms with E-state index in [1.54, 1.807) is 18.5 Å². The number of hydrogen-bond donors (Lipinski definition) is 0. The zero-order valence-electron chi connectivity index (χ0n) is 13.2. The highest BCUT2D eigenvalue weighted by molar-refractivity contribution is 5.78. The Morgan fingerprint density at radius 3 is 2.87 bits per heavy atom. The van der Waals surface area contributed by atoms with Crippen LogP contribution in [0.5, 0.6) is 0 Å². The second kappa shape index (κ2) is 6.05. The summed E-state index contributed by atoms with van der Waals surface area (Å²) < 4.78 is 11.8. The summed E-state index contributed by atoms with van der Waals surface area (Å²) in [6.07, 6.45) is 5.95. The van der Waals surface area contributed by atoms with Crippen LogP contribution in [0.2, 0.25) is 0 Å². The Labute approximate surface area is 135 Å². The first-order valence-corrected chi connectivity index (χ1v) is 8.26. The predicted molar refractivity (Wildman–Crippen MR) is 83.1 cm³/mol. The number of rotatable bonds is 3. The predicted octanol–water partition coefficient (Wildman–Crippen LogP) is 0.321. The molecule has 1 atom stereocenters. The van der Waals surface area contributed by atoms with E-state index >= 15 is 0 Å². The van der Waals surface area contributed by atoms with E-state index in [1.807, 2.05) is 4.90 Å². The van der Waals surface area contributed by atoms with E-state index in [0.717, 1.165) is 13.1 Å². The minimum absolute atomic E-state index is 0.0919. The van der Waals surface area contributed by atoms with Crippen molar-refractivity contribution in [1.82, 2.24) is 14.9 Å². The number of hydrogen-bond acceptors (Lipinski definition) is 6. The van der Waals surface area contributed by atoms with Crippen molar-refractivity contribution in [2.24, 2.45) is 5.92 Å². The molecule has 2 saturated heterocycles. The van der Waals surface area contributed by atoms with E-state index in [9.17, 15) is 4.79 Å². The van der Waals surface area contributed by atoms with Gasteiger partial charge in [-0.2, -0.15) is 0 Å². The van der Waals surface area contributed by atoms with Crippen molar-refractivity contribution in [2.75, 3.05) is 50.9 Å². The molecule has 0 bridgehead atoms. The van der Waals surface area contributed by atoms with Gasteiger partial charge in [0.05, 0.1) is 26.3 Å². The molecule has 0 radical (unpaired) electrons. The Balaban J connectivity index is 1.52. The first-order chi connectivity index (χ1) is 11.2. The number of aromatic nitrogens is 2. The van der Waals surface area contributed by atoms with Crippen molar-refractivity contribution >= 4 is 11.9 Å². The van der Waals surface area contributed by atoms with Crippen LogP contribution in [-0.2, 0) is 14.3 Å². The lowest BCUT2D eigenvalue weighted by molar-refractivity contribution is -0.170. The molecule has 23 heavy (non-hydrogen) atoms. The summed E-state index contributed by atoms with van der Waals surface area (Å²) in [6, 6.07) is 1.81. The molecule has 3 fully saturated rings. The van der Waals surface area contributed by atoms with Crippen LogP contribution in [0.4, 0.5) is 5.95 Å². The quantitative estimate of drug-likeness (QED) is 0.800. The minimum atomic E-state index is -0.488. The third kappa shape index (κ3) is 3.30. The number of carbonyl (C=O) groups is 1. The normalized spacial score (nSPS) is 29.0. The Hall–Kier alpha value is -1.73. The summed E-state index contributed by atoms with van der Waals surface area (Å²) in [7, 11) is 0. The molecule has 0 N–H and O–H groups in total. The highest BCUT2D eigenvalue weighted by Gasteiger charge is 2.44. The maximum absolute atomic E-state index is 12.1. The number of morpholine rings is 1. The maximum atomic E-state index is 12.1. The lowest BCUT2D eigenvalue weighted by Crippen LogP contribution is -2.61. The van der Waals surface area contributed by atoms with Crippen LogP contribution in [-0.4, -0.2) is 72.4 Å². The van der Waals surface area contributed by atoms with Crippen molar-refractivity contribution in [3.8, 4) is 0 Å². The van der Waals surface area contributed by atoms with Crippen molar-refractivity contribution in [2.45, 2.75) is 18.4 Å². The van der Waals surface area contributed by atoms with Crippen LogP contribution in [0, 0.1) is 5.92 Å². The van der Waals surface area contributed by atoms with Gasteiger partial charge in [0.2, 0.25) is 11.9 Å². The van der Waals surface area contributed by atoms with Crippen LogP contribution in [0.15, 0.2) is 18.5 Å². The van der Waals surface area contributed by atoms with Gasteiger partial charge in [0.25, 0.3) is 0 Å². The third-order valence-corrected chi connectivity index (χ3v) is 4.69. The summed E-state index contributed by atoms with van der Waals surface area (Å²) in [5, 5.41) is 0. The molecule has 2 aliphatic heterocycles. The average Bonchev–Trinajstić information content (AvgIpc) is 3.40. The zero-order valence-corrected chi connectivity index (χ0v) is 13.2. The first kappa shape index (κ1) is 14.8. The molecular formula is C16H22N4O3. The van der Waals surface area contributed by atoms with Gasteiger partial charge in [0, 0.05) is 25.5 Å². The molecule has 7 nitrogen and oxygen atoms in total. The van der Waals surface area contributed by atoms with Gasteiger partial charge in [-0.3, -0.25) is 4.79 Å². The monoisotopic (exact) mass is 318 g/mol. The molecular weight excluding hydrogens is 296 g/mol. The average molecular weight is 318 g/mol. The molecule has 0 unspecified atom stereocenters. The molecule has 1 amide bonds. The van der Waals surface area contributed by atoms with Crippen LogP contribution >= 0.6 is 0 Å². The third-order valence-electron chi connectivity index (χ3n) is 4.69. The smallest absolute Gasteiger partial charge is 0.248 e. The maximum Gasteiger partial charge on any atom is 0.248 e. The SMILES string of the molecule is O=C1CO[C@]2(COCCN(c3ncccn3)C2)CN1CC1CC1. The number of anilines is 1. The second-order valence-corrected chi connectivity index (χ2v) is 6.71. The van der Waals surface area contributed by atoms with Gasteiger partial charge in [0.15, 0.2) is 0 Å². The molecule has 0 aromatic carbocycles. The molecule has 1 aliphatic carbocycles. The number of carbonyl (C=O) groups excluding carboxylic acids is 1. The summed E-state index contributed by atoms with van der Waals surface area (Å²) in [4.78, 5) is 24.9. The second-order valence-electron chi connectivity index (χ2n) is 6.71. The van der Waals surface area contributed by atoms with E-state index in [-0.39, 0.29) is 12.5 Å². The standard InChI is InChI=1S/C16H22N4O3/c21-14-9-23-16(11-20(14)8-13-2-3-13)10-19(6-7-22-12-16)15-17-4-1-5-18-15/h1,4-5,13H,2-3,6-12H2/t16-/m0/s1. The van der Waals surface area contributed by atoms with E-state index < -0.39 is 5.60 Å². The largest absolute Gasteiger partial charge is 0.376 e. The molecule has 1 aromatic heterocycles. The fourth-order valence-electron chi connectivity index (χ4n) is 3.28. The van der Waals surface area contributed by atoms with Crippen molar-refractivity contribution < 1.29 is 14.3 Å². The number of nitrogens with zero attached hydrogens (tertiary/aromatic N) is 4. The van der Waals surface area contributed by atoms with Gasteiger partial charge >= 0.3 is 0 Å². The van der Waals surface area contributed by atoms with Crippen LogP contribution in [0.1, 0.15) is 12.8 Å². The molecule has 1 saturated carbocycles. The fraction of sp³-hybridized carbons (Fsp3) is 0.688. The molecule has 124 valence electrons. The zero-order chi connectivity index (χ0) is 15.7. The molecule has 7 heteroatoms. The lowest BCUT2D eigenvalue weighted by atomic mass is 10.0. The summed E-state index contributed by atoms with van der Waals surface area (Å²) >= 11 is 0. The topological polar surface area (TPSA) is 67.8 Å². The molecule has 1 aromatic rings. The van der Waals surface area contributed by atoms with Gasteiger partial charge in [-0.15, -0.1) is 0 Å². The fourth-order valence-corrected chi connectivity index (χ4v) is 3.28. The summed E-state index contributed by atoms with van der Waals surface area (Å²) in [5.41, 5.74) is -0.488. The van der Waals surface area contributed by atoms with Gasteiger partial charge in [-0.05, 0) is 24.8 Å². The van der Waals surface area contributed by atoms with E-state index in [4.69, 9.17) is 9.47 Å². The Morgan fingerprint density at radius 1 is 1.26 bits per heavy atom. The lowest BCUT2D eigenvalue weighted by Gasteiger charge is -2.43. The highest BCUT2D eigenvalue weighted by Crippen LogP contribution is 2.32. The highest BCUT2D eigenvalue weighted by atomic mass is 16.6. The van der Waals surface area contributed by atoms with Crippen LogP contribution in [0.3, 0.4) is 0 Å². The molecule has 3 heterocycles. The van der Waals surface area contributed by atoms with Crippen LogP contribution in [0.25, 0.3) is 0 Å². The number of amides is 1. The number of ether oxygens (including phenoxy) is 2. The summed E-state index contributed by atoms with van der Waals surface area (Å²) in [6.45, 7) is 4.07. The molecule has 3 aliphatic rings. The van der Waals surface area contributed by atoms with Gasteiger partial charge in [-0.25, -0.2) is 9.97 Å². The van der Waals surface area contributed by atoms with E-state index in [0.29, 0.717) is 38.2 Å². The van der Waals surface area contributed by atoms with Crippen LogP contribution < -0.4 is 4.90 Å². The Bertz CT molecular complexity index is 566.